The molecule has 0 aliphatic carbocycles. The Morgan fingerprint density at radius 3 is 2.40 bits per heavy atom. The minimum atomic E-state index is -0.247. The summed E-state index contributed by atoms with van der Waals surface area (Å²) in [6.07, 6.45) is 0. The summed E-state index contributed by atoms with van der Waals surface area (Å²) in [6, 6.07) is 14.2. The van der Waals surface area contributed by atoms with Crippen molar-refractivity contribution in [1.29, 1.82) is 0 Å². The molecule has 0 aliphatic heterocycles. The highest BCUT2D eigenvalue weighted by Gasteiger charge is 2.17. The number of benzene rings is 2. The van der Waals surface area contributed by atoms with Crippen LogP contribution in [0.1, 0.15) is 17.0 Å². The van der Waals surface area contributed by atoms with Gasteiger partial charge in [0.15, 0.2) is 17.1 Å². The second-order valence-corrected chi connectivity index (χ2v) is 7.03. The van der Waals surface area contributed by atoms with E-state index >= 15 is 0 Å². The zero-order valence-corrected chi connectivity index (χ0v) is 17.4. The van der Waals surface area contributed by atoms with Gasteiger partial charge in [-0.25, -0.2) is 9.37 Å². The summed E-state index contributed by atoms with van der Waals surface area (Å²) < 4.78 is 25.8. The molecule has 2 aromatic carbocycles. The standard InChI is InChI=1S/C23H23FN4O2/c1-14-11-21(25-13-16-5-8-18(24)9-6-16)28-23(26-14)22(15(2)27-28)17-7-10-19(29-3)20(12-17)30-4/h5-12,25H,13H2,1-4H3. The molecule has 2 heterocycles. The van der Waals surface area contributed by atoms with Crippen molar-refractivity contribution in [2.24, 2.45) is 0 Å². The highest BCUT2D eigenvalue weighted by Crippen LogP contribution is 2.35. The van der Waals surface area contributed by atoms with E-state index in [9.17, 15) is 4.39 Å². The normalized spacial score (nSPS) is 11.0. The van der Waals surface area contributed by atoms with Gasteiger partial charge >= 0.3 is 0 Å². The van der Waals surface area contributed by atoms with Crippen LogP contribution in [0, 0.1) is 19.7 Å². The lowest BCUT2D eigenvalue weighted by Crippen LogP contribution is -2.07. The first-order valence-corrected chi connectivity index (χ1v) is 9.58. The van der Waals surface area contributed by atoms with E-state index in [-0.39, 0.29) is 5.82 Å². The van der Waals surface area contributed by atoms with E-state index in [2.05, 4.69) is 5.32 Å². The first-order valence-electron chi connectivity index (χ1n) is 9.58. The van der Waals surface area contributed by atoms with E-state index in [1.807, 2.05) is 38.1 Å². The summed E-state index contributed by atoms with van der Waals surface area (Å²) in [7, 11) is 3.23. The second-order valence-electron chi connectivity index (χ2n) is 7.03. The van der Waals surface area contributed by atoms with Gasteiger partial charge < -0.3 is 14.8 Å². The van der Waals surface area contributed by atoms with Gasteiger partial charge in [0.25, 0.3) is 0 Å². The molecular weight excluding hydrogens is 383 g/mol. The molecule has 0 aliphatic rings. The molecule has 6 nitrogen and oxygen atoms in total. The fourth-order valence-corrected chi connectivity index (χ4v) is 3.50. The average Bonchev–Trinajstić information content (AvgIpc) is 3.08. The second kappa shape index (κ2) is 8.02. The van der Waals surface area contributed by atoms with Crippen LogP contribution in [0.25, 0.3) is 16.8 Å². The van der Waals surface area contributed by atoms with Gasteiger partial charge in [-0.15, -0.1) is 0 Å². The van der Waals surface area contributed by atoms with Crippen molar-refractivity contribution >= 4 is 11.5 Å². The van der Waals surface area contributed by atoms with E-state index in [0.29, 0.717) is 18.0 Å². The summed E-state index contributed by atoms with van der Waals surface area (Å²) in [5, 5.41) is 8.11. The summed E-state index contributed by atoms with van der Waals surface area (Å²) in [5.41, 5.74) is 5.33. The molecule has 0 atom stereocenters. The Morgan fingerprint density at radius 2 is 1.70 bits per heavy atom. The zero-order valence-electron chi connectivity index (χ0n) is 17.4. The van der Waals surface area contributed by atoms with Crippen molar-refractivity contribution in [3.63, 3.8) is 0 Å². The third-order valence-electron chi connectivity index (χ3n) is 4.95. The quantitative estimate of drug-likeness (QED) is 0.499. The Balaban J connectivity index is 1.76. The number of methoxy groups -OCH3 is 2. The van der Waals surface area contributed by atoms with E-state index in [1.165, 1.54) is 12.1 Å². The van der Waals surface area contributed by atoms with Gasteiger partial charge in [-0.1, -0.05) is 18.2 Å². The molecule has 0 amide bonds. The predicted octanol–water partition coefficient (Wildman–Crippen LogP) is 4.78. The van der Waals surface area contributed by atoms with Crippen molar-refractivity contribution in [3.05, 3.63) is 71.3 Å². The molecular formula is C23H23FN4O2. The number of aromatic nitrogens is 3. The third-order valence-corrected chi connectivity index (χ3v) is 4.95. The SMILES string of the molecule is COc1ccc(-c2c(C)nn3c(NCc4ccc(F)cc4)cc(C)nc23)cc1OC. The van der Waals surface area contributed by atoms with Gasteiger partial charge in [0.1, 0.15) is 11.6 Å². The maximum atomic E-state index is 13.2. The molecule has 0 saturated carbocycles. The van der Waals surface area contributed by atoms with Crippen molar-refractivity contribution < 1.29 is 13.9 Å². The van der Waals surface area contributed by atoms with E-state index in [4.69, 9.17) is 19.6 Å². The Morgan fingerprint density at radius 1 is 0.967 bits per heavy atom. The number of hydrogen-bond acceptors (Lipinski definition) is 5. The maximum Gasteiger partial charge on any atom is 0.165 e. The minimum absolute atomic E-state index is 0.247. The third kappa shape index (κ3) is 3.66. The van der Waals surface area contributed by atoms with Crippen LogP contribution < -0.4 is 14.8 Å². The molecule has 4 aromatic rings. The molecule has 154 valence electrons. The number of ether oxygens (including phenoxy) is 2. The molecule has 4 rings (SSSR count). The molecule has 0 bridgehead atoms. The van der Waals surface area contributed by atoms with Gasteiger partial charge in [0, 0.05) is 23.9 Å². The summed E-state index contributed by atoms with van der Waals surface area (Å²) in [6.45, 7) is 4.45. The Kier molecular flexibility index (Phi) is 5.27. The van der Waals surface area contributed by atoms with Crippen LogP contribution in [0.4, 0.5) is 10.2 Å². The first-order chi connectivity index (χ1) is 14.5. The molecule has 0 fully saturated rings. The van der Waals surface area contributed by atoms with Crippen molar-refractivity contribution in [2.75, 3.05) is 19.5 Å². The minimum Gasteiger partial charge on any atom is -0.493 e. The van der Waals surface area contributed by atoms with Crippen LogP contribution >= 0.6 is 0 Å². The number of halogens is 1. The highest BCUT2D eigenvalue weighted by atomic mass is 19.1. The van der Waals surface area contributed by atoms with Gasteiger partial charge in [0.05, 0.1) is 19.9 Å². The van der Waals surface area contributed by atoms with Crippen molar-refractivity contribution in [1.82, 2.24) is 14.6 Å². The first kappa shape index (κ1) is 19.7. The fraction of sp³-hybridized carbons (Fsp3) is 0.217. The Bertz CT molecular complexity index is 1200. The summed E-state index contributed by atoms with van der Waals surface area (Å²) in [5.74, 6) is 1.89. The predicted molar refractivity (Wildman–Crippen MR) is 115 cm³/mol. The van der Waals surface area contributed by atoms with E-state index in [0.717, 1.165) is 39.5 Å². The Labute approximate surface area is 174 Å². The Hall–Kier alpha value is -3.61. The van der Waals surface area contributed by atoms with Crippen LogP contribution in [0.3, 0.4) is 0 Å². The largest absolute Gasteiger partial charge is 0.493 e. The smallest absolute Gasteiger partial charge is 0.165 e. The van der Waals surface area contributed by atoms with Gasteiger partial charge in [-0.05, 0) is 49.2 Å². The summed E-state index contributed by atoms with van der Waals surface area (Å²) in [4.78, 5) is 4.74. The fourth-order valence-electron chi connectivity index (χ4n) is 3.50. The number of rotatable bonds is 6. The molecule has 7 heteroatoms. The van der Waals surface area contributed by atoms with Crippen molar-refractivity contribution in [2.45, 2.75) is 20.4 Å². The monoisotopic (exact) mass is 406 g/mol. The number of anilines is 1. The van der Waals surface area contributed by atoms with Gasteiger partial charge in [0.2, 0.25) is 0 Å². The number of hydrogen-bond donors (Lipinski definition) is 1. The summed E-state index contributed by atoms with van der Waals surface area (Å²) >= 11 is 0. The van der Waals surface area contributed by atoms with Gasteiger partial charge in [-0.2, -0.15) is 9.61 Å². The van der Waals surface area contributed by atoms with Crippen LogP contribution in [-0.4, -0.2) is 28.8 Å². The van der Waals surface area contributed by atoms with Gasteiger partial charge in [-0.3, -0.25) is 0 Å². The number of nitrogens with zero attached hydrogens (tertiary/aromatic N) is 3. The van der Waals surface area contributed by atoms with Crippen LogP contribution in [0.2, 0.25) is 0 Å². The van der Waals surface area contributed by atoms with Crippen LogP contribution in [0.15, 0.2) is 48.5 Å². The lowest BCUT2D eigenvalue weighted by Gasteiger charge is -2.11. The zero-order chi connectivity index (χ0) is 21.3. The number of nitrogens with one attached hydrogen (secondary N) is 1. The van der Waals surface area contributed by atoms with Crippen LogP contribution in [0.5, 0.6) is 11.5 Å². The number of aryl methyl sites for hydroxylation is 2. The molecule has 0 spiro atoms. The molecule has 1 N–H and O–H groups in total. The van der Waals surface area contributed by atoms with E-state index in [1.54, 1.807) is 30.9 Å². The lowest BCUT2D eigenvalue weighted by atomic mass is 10.1. The molecule has 2 aromatic heterocycles. The molecule has 0 radical (unpaired) electrons. The molecule has 0 unspecified atom stereocenters. The van der Waals surface area contributed by atoms with Crippen molar-refractivity contribution in [3.8, 4) is 22.6 Å². The van der Waals surface area contributed by atoms with Crippen LogP contribution in [-0.2, 0) is 6.54 Å². The highest BCUT2D eigenvalue weighted by molar-refractivity contribution is 5.82. The average molecular weight is 406 g/mol. The molecule has 30 heavy (non-hydrogen) atoms. The lowest BCUT2D eigenvalue weighted by molar-refractivity contribution is 0.355. The molecule has 0 saturated heterocycles. The number of fused-ring (bicyclic) bond motifs is 1. The topological polar surface area (TPSA) is 60.7 Å². The van der Waals surface area contributed by atoms with E-state index < -0.39 is 0 Å². The maximum absolute atomic E-state index is 13.2.